The molecular formula is C18H19F3N4O3S. The molecular weight excluding hydrogens is 409 g/mol. The van der Waals surface area contributed by atoms with E-state index in [1.165, 1.54) is 31.6 Å². The molecule has 0 aliphatic heterocycles. The second-order valence-corrected chi connectivity index (χ2v) is 9.77. The van der Waals surface area contributed by atoms with Crippen LogP contribution < -0.4 is 10.0 Å². The molecule has 0 saturated heterocycles. The topological polar surface area (TPSA) is 93.1 Å². The van der Waals surface area contributed by atoms with Crippen LogP contribution in [0.15, 0.2) is 35.6 Å². The van der Waals surface area contributed by atoms with Gasteiger partial charge in [-0.2, -0.15) is 13.2 Å². The van der Waals surface area contributed by atoms with Gasteiger partial charge in [0.2, 0.25) is 15.9 Å². The van der Waals surface area contributed by atoms with E-state index in [1.807, 2.05) is 0 Å². The first-order chi connectivity index (χ1) is 13.4. The molecule has 0 radical (unpaired) electrons. The fraction of sp³-hybridized carbons (Fsp3) is 0.444. The van der Waals surface area contributed by atoms with Crippen LogP contribution in [0, 0.1) is 10.8 Å². The van der Waals surface area contributed by atoms with Crippen molar-refractivity contribution in [3.63, 3.8) is 0 Å². The van der Waals surface area contributed by atoms with Crippen molar-refractivity contribution >= 4 is 21.6 Å². The average Bonchev–Trinajstić information content (AvgIpc) is 2.97. The van der Waals surface area contributed by atoms with Crippen LogP contribution in [0.25, 0.3) is 11.3 Å². The van der Waals surface area contributed by atoms with E-state index < -0.39 is 32.9 Å². The van der Waals surface area contributed by atoms with E-state index in [0.29, 0.717) is 16.9 Å². The van der Waals surface area contributed by atoms with Crippen LogP contribution in [0.3, 0.4) is 0 Å². The number of nitrogens with one attached hydrogen (secondary N) is 2. The Kier molecular flexibility index (Phi) is 4.15. The van der Waals surface area contributed by atoms with Crippen LogP contribution in [-0.2, 0) is 21.9 Å². The van der Waals surface area contributed by atoms with Gasteiger partial charge in [-0.25, -0.2) is 18.1 Å². The lowest BCUT2D eigenvalue weighted by atomic mass is 9.34. The Morgan fingerprint density at radius 2 is 1.90 bits per heavy atom. The molecule has 0 atom stereocenters. The molecule has 0 spiro atoms. The molecule has 0 unspecified atom stereocenters. The third kappa shape index (κ3) is 2.94. The SMILES string of the molecule is CNS(=O)(=O)c1ccc(NC(=O)C23CC(C(F)(F)F)(C2)C3)c(-c2cn(C)cn2)c1. The molecule has 2 N–H and O–H groups in total. The van der Waals surface area contributed by atoms with Gasteiger partial charge >= 0.3 is 6.18 Å². The van der Waals surface area contributed by atoms with E-state index in [0.717, 1.165) is 0 Å². The van der Waals surface area contributed by atoms with Gasteiger partial charge in [-0.05, 0) is 44.5 Å². The van der Waals surface area contributed by atoms with E-state index in [-0.39, 0.29) is 24.2 Å². The number of halogens is 3. The van der Waals surface area contributed by atoms with Crippen molar-refractivity contribution in [1.82, 2.24) is 14.3 Å². The molecule has 2 aromatic rings. The van der Waals surface area contributed by atoms with Gasteiger partial charge in [0.25, 0.3) is 0 Å². The number of aromatic nitrogens is 2. The Morgan fingerprint density at radius 3 is 2.41 bits per heavy atom. The van der Waals surface area contributed by atoms with Crippen LogP contribution in [0.2, 0.25) is 0 Å². The predicted molar refractivity (Wildman–Crippen MR) is 98.3 cm³/mol. The molecule has 7 nitrogen and oxygen atoms in total. The summed E-state index contributed by atoms with van der Waals surface area (Å²) in [7, 11) is -0.708. The quantitative estimate of drug-likeness (QED) is 0.766. The van der Waals surface area contributed by atoms with Crippen molar-refractivity contribution in [3.8, 4) is 11.3 Å². The number of alkyl halides is 3. The number of hydrogen-bond acceptors (Lipinski definition) is 4. The van der Waals surface area contributed by atoms with Gasteiger partial charge in [-0.15, -0.1) is 0 Å². The number of imidazole rings is 1. The number of sulfonamides is 1. The van der Waals surface area contributed by atoms with E-state index in [1.54, 1.807) is 17.8 Å². The minimum atomic E-state index is -4.29. The molecule has 3 fully saturated rings. The van der Waals surface area contributed by atoms with Gasteiger partial charge in [0, 0.05) is 18.8 Å². The molecule has 2 bridgehead atoms. The molecule has 156 valence electrons. The maximum Gasteiger partial charge on any atom is 0.394 e. The number of anilines is 1. The second-order valence-electron chi connectivity index (χ2n) is 7.88. The van der Waals surface area contributed by atoms with E-state index >= 15 is 0 Å². The molecule has 3 saturated carbocycles. The highest BCUT2D eigenvalue weighted by atomic mass is 32.2. The summed E-state index contributed by atoms with van der Waals surface area (Å²) in [5, 5.41) is 2.69. The van der Waals surface area contributed by atoms with Crippen LogP contribution in [-0.4, -0.2) is 37.1 Å². The zero-order valence-electron chi connectivity index (χ0n) is 15.7. The van der Waals surface area contributed by atoms with E-state index in [4.69, 9.17) is 0 Å². The highest BCUT2D eigenvalue weighted by Crippen LogP contribution is 2.78. The third-order valence-corrected chi connectivity index (χ3v) is 7.32. The van der Waals surface area contributed by atoms with Crippen molar-refractivity contribution in [2.24, 2.45) is 17.9 Å². The molecule has 3 aliphatic carbocycles. The van der Waals surface area contributed by atoms with Crippen LogP contribution >= 0.6 is 0 Å². The molecule has 11 heteroatoms. The number of benzene rings is 1. The zero-order chi connectivity index (χ0) is 21.2. The van der Waals surface area contributed by atoms with Crippen LogP contribution in [0.4, 0.5) is 18.9 Å². The van der Waals surface area contributed by atoms with E-state index in [9.17, 15) is 26.4 Å². The molecule has 1 heterocycles. The fourth-order valence-corrected chi connectivity index (χ4v) is 5.02. The lowest BCUT2D eigenvalue weighted by Gasteiger charge is -2.69. The highest BCUT2D eigenvalue weighted by Gasteiger charge is 2.80. The van der Waals surface area contributed by atoms with Crippen molar-refractivity contribution < 1.29 is 26.4 Å². The van der Waals surface area contributed by atoms with Gasteiger partial charge in [-0.3, -0.25) is 4.79 Å². The van der Waals surface area contributed by atoms with Crippen molar-refractivity contribution in [3.05, 3.63) is 30.7 Å². The third-order valence-electron chi connectivity index (χ3n) is 5.91. The fourth-order valence-electron chi connectivity index (χ4n) is 4.27. The largest absolute Gasteiger partial charge is 0.394 e. The van der Waals surface area contributed by atoms with Crippen molar-refractivity contribution in [2.45, 2.75) is 30.3 Å². The van der Waals surface area contributed by atoms with Gasteiger partial charge in [-0.1, -0.05) is 0 Å². The van der Waals surface area contributed by atoms with Gasteiger partial charge in [0.15, 0.2) is 0 Å². The molecule has 3 aliphatic rings. The lowest BCUT2D eigenvalue weighted by Crippen LogP contribution is -2.71. The van der Waals surface area contributed by atoms with E-state index in [2.05, 4.69) is 15.0 Å². The molecule has 1 aromatic heterocycles. The Hall–Kier alpha value is -2.40. The number of carbonyl (C=O) groups is 1. The maximum atomic E-state index is 13.1. The monoisotopic (exact) mass is 428 g/mol. The summed E-state index contributed by atoms with van der Waals surface area (Å²) in [6, 6.07) is 4.13. The summed E-state index contributed by atoms with van der Waals surface area (Å²) < 4.78 is 67.3. The number of carbonyl (C=O) groups excluding carboxylic acids is 1. The minimum absolute atomic E-state index is 0.0137. The summed E-state index contributed by atoms with van der Waals surface area (Å²) >= 11 is 0. The average molecular weight is 428 g/mol. The lowest BCUT2D eigenvalue weighted by molar-refractivity contribution is -0.349. The van der Waals surface area contributed by atoms with Gasteiger partial charge < -0.3 is 9.88 Å². The number of aryl methyl sites for hydroxylation is 1. The van der Waals surface area contributed by atoms with Crippen LogP contribution in [0.1, 0.15) is 19.3 Å². The summed E-state index contributed by atoms with van der Waals surface area (Å²) in [5.74, 6) is -0.481. The molecule has 29 heavy (non-hydrogen) atoms. The van der Waals surface area contributed by atoms with Crippen LogP contribution in [0.5, 0.6) is 0 Å². The number of nitrogens with zero attached hydrogens (tertiary/aromatic N) is 2. The number of hydrogen-bond donors (Lipinski definition) is 2. The van der Waals surface area contributed by atoms with Crippen molar-refractivity contribution in [1.29, 1.82) is 0 Å². The second kappa shape index (κ2) is 6.05. The molecule has 1 amide bonds. The predicted octanol–water partition coefficient (Wildman–Crippen LogP) is 2.67. The smallest absolute Gasteiger partial charge is 0.340 e. The van der Waals surface area contributed by atoms with Crippen molar-refractivity contribution in [2.75, 3.05) is 12.4 Å². The number of rotatable bonds is 5. The zero-order valence-corrected chi connectivity index (χ0v) is 16.5. The summed E-state index contributed by atoms with van der Waals surface area (Å²) in [6.45, 7) is 0. The summed E-state index contributed by atoms with van der Waals surface area (Å²) in [4.78, 5) is 16.9. The Labute approximate surface area is 165 Å². The molecule has 1 aromatic carbocycles. The van der Waals surface area contributed by atoms with Gasteiger partial charge in [0.1, 0.15) is 0 Å². The first kappa shape index (κ1) is 19.9. The Morgan fingerprint density at radius 1 is 1.24 bits per heavy atom. The normalized spacial score (nSPS) is 25.8. The summed E-state index contributed by atoms with van der Waals surface area (Å²) in [5.41, 5.74) is -1.63. The van der Waals surface area contributed by atoms with Gasteiger partial charge in [0.05, 0.1) is 33.4 Å². The minimum Gasteiger partial charge on any atom is -0.340 e. The standard InChI is InChI=1S/C18H19F3N4O3S/c1-22-29(27,28)11-3-4-13(12(5-11)14-6-25(2)10-23-14)24-15(26)16-7-17(8-16,9-16)18(19,20)21/h3-6,10,22H,7-9H2,1-2H3,(H,24,26). The molecule has 5 rings (SSSR count). The Balaban J connectivity index is 1.64. The number of amides is 1. The Bertz CT molecular complexity index is 1090. The highest BCUT2D eigenvalue weighted by molar-refractivity contribution is 7.89. The first-order valence-electron chi connectivity index (χ1n) is 8.86. The maximum absolute atomic E-state index is 13.1. The summed E-state index contributed by atoms with van der Waals surface area (Å²) in [6.07, 6.45) is -1.74. The first-order valence-corrected chi connectivity index (χ1v) is 10.3.